The fraction of sp³-hybridized carbons (Fsp3) is 0.353. The van der Waals surface area contributed by atoms with E-state index >= 15 is 0 Å². The van der Waals surface area contributed by atoms with Crippen LogP contribution >= 0.6 is 0 Å². The topological polar surface area (TPSA) is 67.0 Å². The molecular formula is C17H20FN5O2. The number of nitrogens with zero attached hydrogens (tertiary/aromatic N) is 5. The zero-order valence-corrected chi connectivity index (χ0v) is 14.4. The second-order valence-electron chi connectivity index (χ2n) is 5.55. The SMILES string of the molecule is COCCn1cnnc1[C@H](C)n1ccnc1-c1cc(F)ccc1OC. The second-order valence-corrected chi connectivity index (χ2v) is 5.55. The summed E-state index contributed by atoms with van der Waals surface area (Å²) in [5.41, 5.74) is 0.585. The zero-order valence-electron chi connectivity index (χ0n) is 14.4. The highest BCUT2D eigenvalue weighted by molar-refractivity contribution is 5.65. The van der Waals surface area contributed by atoms with E-state index in [-0.39, 0.29) is 11.9 Å². The van der Waals surface area contributed by atoms with Gasteiger partial charge in [0.1, 0.15) is 23.7 Å². The van der Waals surface area contributed by atoms with Crippen molar-refractivity contribution in [2.75, 3.05) is 20.8 Å². The average molecular weight is 345 g/mol. The standard InChI is InChI=1S/C17H20FN5O2/c1-12(16-21-20-11-22(16)8-9-24-2)23-7-6-19-17(23)14-10-13(18)4-5-15(14)25-3/h4-7,10-12H,8-9H2,1-3H3/t12-/m0/s1. The highest BCUT2D eigenvalue weighted by atomic mass is 19.1. The van der Waals surface area contributed by atoms with Gasteiger partial charge in [-0.25, -0.2) is 9.37 Å². The summed E-state index contributed by atoms with van der Waals surface area (Å²) in [6, 6.07) is 4.22. The molecule has 132 valence electrons. The van der Waals surface area contributed by atoms with Crippen molar-refractivity contribution < 1.29 is 13.9 Å². The van der Waals surface area contributed by atoms with Crippen LogP contribution in [0.1, 0.15) is 18.8 Å². The lowest BCUT2D eigenvalue weighted by molar-refractivity contribution is 0.185. The van der Waals surface area contributed by atoms with Gasteiger partial charge < -0.3 is 18.6 Å². The molecule has 0 saturated heterocycles. The van der Waals surface area contributed by atoms with Gasteiger partial charge in [-0.3, -0.25) is 0 Å². The molecule has 0 unspecified atom stereocenters. The van der Waals surface area contributed by atoms with E-state index in [2.05, 4.69) is 15.2 Å². The largest absolute Gasteiger partial charge is 0.496 e. The van der Waals surface area contributed by atoms with Crippen LogP contribution in [0, 0.1) is 5.82 Å². The number of imidazole rings is 1. The summed E-state index contributed by atoms with van der Waals surface area (Å²) in [5, 5.41) is 8.22. The normalized spacial score (nSPS) is 12.3. The van der Waals surface area contributed by atoms with Crippen LogP contribution in [-0.2, 0) is 11.3 Å². The number of halogens is 1. The van der Waals surface area contributed by atoms with Crippen LogP contribution in [0.5, 0.6) is 5.75 Å². The van der Waals surface area contributed by atoms with Crippen molar-refractivity contribution in [1.82, 2.24) is 24.3 Å². The van der Waals surface area contributed by atoms with Gasteiger partial charge in [-0.05, 0) is 25.1 Å². The molecule has 0 aliphatic carbocycles. The lowest BCUT2D eigenvalue weighted by atomic mass is 10.1. The molecule has 7 nitrogen and oxygen atoms in total. The molecular weight excluding hydrogens is 325 g/mol. The van der Waals surface area contributed by atoms with Crippen molar-refractivity contribution in [2.45, 2.75) is 19.5 Å². The minimum Gasteiger partial charge on any atom is -0.496 e. The number of hydrogen-bond donors (Lipinski definition) is 0. The van der Waals surface area contributed by atoms with Crippen LogP contribution in [0.25, 0.3) is 11.4 Å². The molecule has 0 amide bonds. The van der Waals surface area contributed by atoms with E-state index < -0.39 is 0 Å². The number of rotatable bonds is 7. The molecule has 1 aromatic carbocycles. The number of aromatic nitrogens is 5. The smallest absolute Gasteiger partial charge is 0.155 e. The van der Waals surface area contributed by atoms with Crippen LogP contribution in [0.15, 0.2) is 36.9 Å². The fourth-order valence-electron chi connectivity index (χ4n) is 2.76. The Morgan fingerprint density at radius 1 is 1.28 bits per heavy atom. The Balaban J connectivity index is 2.00. The summed E-state index contributed by atoms with van der Waals surface area (Å²) in [5.74, 6) is 1.58. The first-order valence-corrected chi connectivity index (χ1v) is 7.89. The minimum atomic E-state index is -0.346. The number of hydrogen-bond acceptors (Lipinski definition) is 5. The maximum Gasteiger partial charge on any atom is 0.155 e. The highest BCUT2D eigenvalue weighted by Crippen LogP contribution is 2.32. The van der Waals surface area contributed by atoms with Gasteiger partial charge in [0.25, 0.3) is 0 Å². The quantitative estimate of drug-likeness (QED) is 0.658. The molecule has 0 N–H and O–H groups in total. The lowest BCUT2D eigenvalue weighted by Gasteiger charge is -2.18. The van der Waals surface area contributed by atoms with E-state index in [9.17, 15) is 4.39 Å². The Labute approximate surface area is 145 Å². The summed E-state index contributed by atoms with van der Waals surface area (Å²) in [6.45, 7) is 3.20. The van der Waals surface area contributed by atoms with Crippen LogP contribution < -0.4 is 4.74 Å². The predicted octanol–water partition coefficient (Wildman–Crippen LogP) is 2.55. The minimum absolute atomic E-state index is 0.148. The third-order valence-electron chi connectivity index (χ3n) is 4.04. The van der Waals surface area contributed by atoms with Gasteiger partial charge >= 0.3 is 0 Å². The maximum atomic E-state index is 13.8. The van der Waals surface area contributed by atoms with E-state index in [1.54, 1.807) is 32.8 Å². The van der Waals surface area contributed by atoms with Gasteiger partial charge in [-0.15, -0.1) is 10.2 Å². The Morgan fingerprint density at radius 3 is 2.88 bits per heavy atom. The Kier molecular flexibility index (Phi) is 5.08. The summed E-state index contributed by atoms with van der Waals surface area (Å²) in [7, 11) is 3.20. The first-order chi connectivity index (χ1) is 12.2. The van der Waals surface area contributed by atoms with Gasteiger partial charge in [-0.2, -0.15) is 0 Å². The van der Waals surface area contributed by atoms with Gasteiger partial charge in [0, 0.05) is 26.0 Å². The summed E-state index contributed by atoms with van der Waals surface area (Å²) in [4.78, 5) is 4.39. The first-order valence-electron chi connectivity index (χ1n) is 7.89. The molecule has 0 spiro atoms. The predicted molar refractivity (Wildman–Crippen MR) is 89.9 cm³/mol. The van der Waals surface area contributed by atoms with Crippen molar-refractivity contribution >= 4 is 0 Å². The van der Waals surface area contributed by atoms with Crippen LogP contribution in [-0.4, -0.2) is 45.1 Å². The Morgan fingerprint density at radius 2 is 2.12 bits per heavy atom. The number of ether oxygens (including phenoxy) is 2. The molecule has 0 aliphatic rings. The molecule has 2 aromatic heterocycles. The van der Waals surface area contributed by atoms with Crippen molar-refractivity contribution in [2.24, 2.45) is 0 Å². The second kappa shape index (κ2) is 7.43. The summed E-state index contributed by atoms with van der Waals surface area (Å²) >= 11 is 0. The third kappa shape index (κ3) is 3.39. The molecule has 0 fully saturated rings. The first kappa shape index (κ1) is 17.1. The molecule has 3 aromatic rings. The van der Waals surface area contributed by atoms with Gasteiger partial charge in [0.15, 0.2) is 5.82 Å². The van der Waals surface area contributed by atoms with Crippen molar-refractivity contribution in [3.63, 3.8) is 0 Å². The Bertz CT molecular complexity index is 845. The van der Waals surface area contributed by atoms with E-state index in [1.807, 2.05) is 22.3 Å². The molecule has 2 heterocycles. The molecule has 8 heteroatoms. The van der Waals surface area contributed by atoms with Crippen LogP contribution in [0.4, 0.5) is 4.39 Å². The molecule has 3 rings (SSSR count). The average Bonchev–Trinajstić information content (AvgIpc) is 3.28. The summed E-state index contributed by atoms with van der Waals surface area (Å²) < 4.78 is 28.1. The molecule has 0 aliphatic heterocycles. The van der Waals surface area contributed by atoms with E-state index in [0.29, 0.717) is 30.3 Å². The van der Waals surface area contributed by atoms with Crippen molar-refractivity contribution in [1.29, 1.82) is 0 Å². The van der Waals surface area contributed by atoms with E-state index in [1.165, 1.54) is 12.1 Å². The monoisotopic (exact) mass is 345 g/mol. The molecule has 25 heavy (non-hydrogen) atoms. The summed E-state index contributed by atoms with van der Waals surface area (Å²) in [6.07, 6.45) is 5.18. The number of benzene rings is 1. The van der Waals surface area contributed by atoms with Crippen LogP contribution in [0.3, 0.4) is 0 Å². The van der Waals surface area contributed by atoms with Crippen LogP contribution in [0.2, 0.25) is 0 Å². The van der Waals surface area contributed by atoms with Gasteiger partial charge in [-0.1, -0.05) is 0 Å². The van der Waals surface area contributed by atoms with E-state index in [4.69, 9.17) is 9.47 Å². The fourth-order valence-corrected chi connectivity index (χ4v) is 2.76. The molecule has 0 saturated carbocycles. The van der Waals surface area contributed by atoms with Gasteiger partial charge in [0.2, 0.25) is 0 Å². The maximum absolute atomic E-state index is 13.8. The highest BCUT2D eigenvalue weighted by Gasteiger charge is 2.20. The Hall–Kier alpha value is -2.74. The molecule has 0 radical (unpaired) electrons. The molecule has 0 bridgehead atoms. The van der Waals surface area contributed by atoms with Gasteiger partial charge in [0.05, 0.1) is 25.3 Å². The zero-order chi connectivity index (χ0) is 17.8. The lowest BCUT2D eigenvalue weighted by Crippen LogP contribution is -2.16. The van der Waals surface area contributed by atoms with Crippen molar-refractivity contribution in [3.8, 4) is 17.1 Å². The third-order valence-corrected chi connectivity index (χ3v) is 4.04. The van der Waals surface area contributed by atoms with Crippen molar-refractivity contribution in [3.05, 3.63) is 48.6 Å². The molecule has 1 atom stereocenters. The van der Waals surface area contributed by atoms with E-state index in [0.717, 1.165) is 5.82 Å². The number of methoxy groups -OCH3 is 2.